The first-order chi connectivity index (χ1) is 12.0. The SMILES string of the molecule is CC(C)(F)c1nc(N)nc(NC2CCOc3cc(S(C)(=O)=O)ccc32)n1. The van der Waals surface area contributed by atoms with E-state index in [1.54, 1.807) is 6.07 Å². The molecule has 1 aromatic heterocycles. The van der Waals surface area contributed by atoms with Gasteiger partial charge in [-0.15, -0.1) is 0 Å². The van der Waals surface area contributed by atoms with Crippen LogP contribution in [0.3, 0.4) is 0 Å². The summed E-state index contributed by atoms with van der Waals surface area (Å²) < 4.78 is 43.2. The molecule has 0 radical (unpaired) electrons. The summed E-state index contributed by atoms with van der Waals surface area (Å²) in [5, 5.41) is 3.11. The van der Waals surface area contributed by atoms with Gasteiger partial charge < -0.3 is 15.8 Å². The van der Waals surface area contributed by atoms with E-state index < -0.39 is 15.5 Å². The Balaban J connectivity index is 1.93. The van der Waals surface area contributed by atoms with Crippen LogP contribution in [0.1, 0.15) is 37.7 Å². The number of nitrogens with zero attached hydrogens (tertiary/aromatic N) is 3. The fourth-order valence-corrected chi connectivity index (χ4v) is 3.27. The normalized spacial score (nSPS) is 17.3. The van der Waals surface area contributed by atoms with E-state index in [-0.39, 0.29) is 28.7 Å². The first kappa shape index (κ1) is 18.3. The Hall–Kier alpha value is -2.49. The molecule has 1 atom stereocenters. The largest absolute Gasteiger partial charge is 0.493 e. The predicted octanol–water partition coefficient (Wildman–Crippen LogP) is 2.00. The fraction of sp³-hybridized carbons (Fsp3) is 0.438. The van der Waals surface area contributed by atoms with Crippen LogP contribution in [-0.4, -0.2) is 36.2 Å². The van der Waals surface area contributed by atoms with E-state index in [9.17, 15) is 12.8 Å². The second kappa shape index (κ2) is 6.35. The molecular weight excluding hydrogens is 361 g/mol. The lowest BCUT2D eigenvalue weighted by molar-refractivity contribution is 0.206. The molecule has 0 aliphatic carbocycles. The third-order valence-corrected chi connectivity index (χ3v) is 5.05. The molecular formula is C16H20FN5O3S. The number of alkyl halides is 1. The van der Waals surface area contributed by atoms with Crippen LogP contribution in [0.5, 0.6) is 5.75 Å². The zero-order valence-electron chi connectivity index (χ0n) is 14.7. The summed E-state index contributed by atoms with van der Waals surface area (Å²) in [6, 6.07) is 4.48. The summed E-state index contributed by atoms with van der Waals surface area (Å²) in [5.41, 5.74) is 4.67. The van der Waals surface area contributed by atoms with Gasteiger partial charge in [0.2, 0.25) is 11.9 Å². The zero-order valence-corrected chi connectivity index (χ0v) is 15.5. The predicted molar refractivity (Wildman–Crippen MR) is 94.4 cm³/mol. The number of nitrogens with one attached hydrogen (secondary N) is 1. The summed E-state index contributed by atoms with van der Waals surface area (Å²) in [6.07, 6.45) is 1.74. The fourth-order valence-electron chi connectivity index (χ4n) is 2.63. The van der Waals surface area contributed by atoms with Gasteiger partial charge in [-0.25, -0.2) is 12.8 Å². The number of aromatic nitrogens is 3. The minimum Gasteiger partial charge on any atom is -0.493 e. The van der Waals surface area contributed by atoms with Gasteiger partial charge in [0, 0.05) is 18.2 Å². The van der Waals surface area contributed by atoms with E-state index in [2.05, 4.69) is 20.3 Å². The van der Waals surface area contributed by atoms with Gasteiger partial charge in [-0.2, -0.15) is 15.0 Å². The van der Waals surface area contributed by atoms with Crippen molar-refractivity contribution in [1.82, 2.24) is 15.0 Å². The highest BCUT2D eigenvalue weighted by Gasteiger charge is 2.27. The number of nitrogens with two attached hydrogens (primary N) is 1. The third kappa shape index (κ3) is 3.85. The van der Waals surface area contributed by atoms with E-state index in [1.807, 2.05) is 0 Å². The molecule has 26 heavy (non-hydrogen) atoms. The molecule has 140 valence electrons. The van der Waals surface area contributed by atoms with Gasteiger partial charge in [0.05, 0.1) is 17.5 Å². The summed E-state index contributed by atoms with van der Waals surface area (Å²) in [7, 11) is -3.33. The molecule has 3 rings (SSSR count). The monoisotopic (exact) mass is 381 g/mol. The molecule has 10 heteroatoms. The van der Waals surface area contributed by atoms with Gasteiger partial charge in [-0.1, -0.05) is 6.07 Å². The lowest BCUT2D eigenvalue weighted by atomic mass is 10.0. The van der Waals surface area contributed by atoms with Crippen LogP contribution in [0.25, 0.3) is 0 Å². The van der Waals surface area contributed by atoms with Crippen molar-refractivity contribution in [3.63, 3.8) is 0 Å². The summed E-state index contributed by atoms with van der Waals surface area (Å²) in [6.45, 7) is 3.06. The molecule has 0 fully saturated rings. The number of rotatable bonds is 4. The highest BCUT2D eigenvalue weighted by atomic mass is 32.2. The zero-order chi connectivity index (χ0) is 19.1. The molecule has 0 bridgehead atoms. The lowest BCUT2D eigenvalue weighted by Crippen LogP contribution is -2.24. The smallest absolute Gasteiger partial charge is 0.228 e. The lowest BCUT2D eigenvalue weighted by Gasteiger charge is -2.27. The van der Waals surface area contributed by atoms with Crippen LogP contribution in [-0.2, 0) is 15.5 Å². The number of fused-ring (bicyclic) bond motifs is 1. The number of hydrogen-bond acceptors (Lipinski definition) is 8. The van der Waals surface area contributed by atoms with E-state index in [0.717, 1.165) is 11.8 Å². The molecule has 1 aliphatic rings. The maximum Gasteiger partial charge on any atom is 0.228 e. The average Bonchev–Trinajstić information content (AvgIpc) is 2.52. The molecule has 2 heterocycles. The number of nitrogen functional groups attached to an aromatic ring is 1. The van der Waals surface area contributed by atoms with E-state index in [1.165, 1.54) is 26.0 Å². The van der Waals surface area contributed by atoms with Gasteiger partial charge in [0.15, 0.2) is 21.3 Å². The molecule has 8 nitrogen and oxygen atoms in total. The molecule has 0 spiro atoms. The van der Waals surface area contributed by atoms with E-state index in [0.29, 0.717) is 18.8 Å². The van der Waals surface area contributed by atoms with Crippen LogP contribution in [0.4, 0.5) is 16.3 Å². The van der Waals surface area contributed by atoms with Gasteiger partial charge in [0.1, 0.15) is 5.75 Å². The summed E-state index contributed by atoms with van der Waals surface area (Å²) in [5.74, 6) is 0.489. The summed E-state index contributed by atoms with van der Waals surface area (Å²) >= 11 is 0. The van der Waals surface area contributed by atoms with Crippen LogP contribution in [0, 0.1) is 0 Å². The molecule has 0 saturated heterocycles. The number of sulfone groups is 1. The third-order valence-electron chi connectivity index (χ3n) is 3.94. The topological polar surface area (TPSA) is 120 Å². The first-order valence-corrected chi connectivity index (χ1v) is 9.87. The number of hydrogen-bond donors (Lipinski definition) is 2. The Morgan fingerprint density at radius 3 is 2.69 bits per heavy atom. The van der Waals surface area contributed by atoms with Gasteiger partial charge in [-0.05, 0) is 26.0 Å². The Bertz CT molecular complexity index is 943. The van der Waals surface area contributed by atoms with Crippen molar-refractivity contribution in [3.05, 3.63) is 29.6 Å². The quantitative estimate of drug-likeness (QED) is 0.825. The minimum atomic E-state index is -3.33. The molecule has 0 saturated carbocycles. The Labute approximate surface area is 150 Å². The van der Waals surface area contributed by atoms with Crippen LogP contribution >= 0.6 is 0 Å². The molecule has 2 aromatic rings. The van der Waals surface area contributed by atoms with Crippen molar-refractivity contribution in [1.29, 1.82) is 0 Å². The standard InChI is InChI=1S/C16H20FN5O3S/c1-16(2,17)13-20-14(18)22-15(21-13)19-11-6-7-25-12-8-9(26(3,23)24)4-5-10(11)12/h4-5,8,11H,6-7H2,1-3H3,(H3,18,19,20,21,22). The highest BCUT2D eigenvalue weighted by molar-refractivity contribution is 7.90. The van der Waals surface area contributed by atoms with Crippen molar-refractivity contribution in [2.75, 3.05) is 23.9 Å². The average molecular weight is 381 g/mol. The van der Waals surface area contributed by atoms with Crippen molar-refractivity contribution in [2.45, 2.75) is 36.9 Å². The minimum absolute atomic E-state index is 0.0628. The molecule has 1 aliphatic heterocycles. The van der Waals surface area contributed by atoms with Crippen LogP contribution in [0.2, 0.25) is 0 Å². The van der Waals surface area contributed by atoms with E-state index >= 15 is 0 Å². The Kier molecular flexibility index (Phi) is 4.47. The number of anilines is 2. The molecule has 3 N–H and O–H groups in total. The van der Waals surface area contributed by atoms with Crippen molar-refractivity contribution in [2.24, 2.45) is 0 Å². The summed E-state index contributed by atoms with van der Waals surface area (Å²) in [4.78, 5) is 12.1. The second-order valence-corrected chi connectivity index (χ2v) is 8.63. The first-order valence-electron chi connectivity index (χ1n) is 7.98. The van der Waals surface area contributed by atoms with Crippen molar-refractivity contribution < 1.29 is 17.5 Å². The maximum atomic E-state index is 14.1. The number of benzene rings is 1. The van der Waals surface area contributed by atoms with Crippen LogP contribution in [0.15, 0.2) is 23.1 Å². The number of halogens is 1. The van der Waals surface area contributed by atoms with Gasteiger partial charge in [-0.3, -0.25) is 0 Å². The van der Waals surface area contributed by atoms with Crippen LogP contribution < -0.4 is 15.8 Å². The van der Waals surface area contributed by atoms with Crippen molar-refractivity contribution >= 4 is 21.7 Å². The maximum absolute atomic E-state index is 14.1. The second-order valence-electron chi connectivity index (χ2n) is 6.62. The van der Waals surface area contributed by atoms with E-state index in [4.69, 9.17) is 10.5 Å². The van der Waals surface area contributed by atoms with Gasteiger partial charge in [0.25, 0.3) is 0 Å². The molecule has 1 aromatic carbocycles. The molecule has 0 amide bonds. The molecule has 1 unspecified atom stereocenters. The number of ether oxygens (including phenoxy) is 1. The Morgan fingerprint density at radius 1 is 1.31 bits per heavy atom. The van der Waals surface area contributed by atoms with Gasteiger partial charge >= 0.3 is 0 Å². The van der Waals surface area contributed by atoms with Crippen molar-refractivity contribution in [3.8, 4) is 5.75 Å². The highest BCUT2D eigenvalue weighted by Crippen LogP contribution is 2.35. The Morgan fingerprint density at radius 2 is 2.04 bits per heavy atom.